The van der Waals surface area contributed by atoms with Gasteiger partial charge in [0.05, 0.1) is 0 Å². The van der Waals surface area contributed by atoms with Crippen molar-refractivity contribution in [2.75, 3.05) is 0 Å². The fourth-order valence-corrected chi connectivity index (χ4v) is 0. The molecule has 0 unspecified atom stereocenters. The smallest absolute Gasteiger partial charge is 0 e. The van der Waals surface area contributed by atoms with Gasteiger partial charge in [0.2, 0.25) is 0 Å². The largest absolute Gasteiger partial charge is 0 e. The van der Waals surface area contributed by atoms with E-state index in [1.807, 2.05) is 23.3 Å². The fraction of sp³-hybridized carbons (Fsp3) is 1.00. The van der Waals surface area contributed by atoms with Gasteiger partial charge in [0, 0.05) is 23.9 Å². The molecule has 0 spiro atoms. The van der Waals surface area contributed by atoms with E-state index >= 15 is 0 Å². The molecule has 0 aromatic rings. The van der Waals surface area contributed by atoms with Crippen LogP contribution in [0.3, 0.4) is 0 Å². The normalized spacial score (nSPS) is 2.67. The van der Waals surface area contributed by atoms with Gasteiger partial charge in [-0.1, -0.05) is 0 Å². The summed E-state index contributed by atoms with van der Waals surface area (Å²) < 4.78 is 0. The van der Waals surface area contributed by atoms with E-state index in [4.69, 9.17) is 0 Å². The Morgan fingerprint density at radius 2 is 0.444 bits per heavy atom. The van der Waals surface area contributed by atoms with E-state index < -0.39 is 0 Å². The Balaban J connectivity index is -0.00000000762. The Morgan fingerprint density at radius 3 is 0.444 bits per heavy atom. The Kier molecular flexibility index (Phi) is 423. The van der Waals surface area contributed by atoms with Crippen LogP contribution in [0.2, 0.25) is 23.3 Å². The Hall–Kier alpha value is 2.88. The molecule has 0 atom stereocenters. The quantitative estimate of drug-likeness (QED) is 0.429. The summed E-state index contributed by atoms with van der Waals surface area (Å²) in [6.45, 7) is 0. The molecule has 8 radical (unpaired) electrons. The first-order valence-corrected chi connectivity index (χ1v) is 8.49. The first-order chi connectivity index (χ1) is 4.00. The molecule has 0 fully saturated rings. The van der Waals surface area contributed by atoms with Gasteiger partial charge < -0.3 is 0 Å². The summed E-state index contributed by atoms with van der Waals surface area (Å²) in [5.41, 5.74) is 0. The van der Waals surface area contributed by atoms with Crippen LogP contribution in [0, 0.1) is 0 Å². The Labute approximate surface area is 110 Å². The van der Waals surface area contributed by atoms with E-state index in [2.05, 4.69) is 64.1 Å². The van der Waals surface area contributed by atoms with Gasteiger partial charge in [-0.2, -0.15) is 0 Å². The van der Waals surface area contributed by atoms with Crippen LogP contribution < -0.4 is 0 Å². The van der Waals surface area contributed by atoms with Gasteiger partial charge in [0.1, 0.15) is 0 Å². The molecule has 0 aliphatic heterocycles. The van der Waals surface area contributed by atoms with Gasteiger partial charge >= 0.3 is 87.3 Å². The monoisotopic (exact) mass is 500 g/mol. The second-order valence-electron chi connectivity index (χ2n) is 0. The van der Waals surface area contributed by atoms with E-state index in [1.54, 1.807) is 0 Å². The zero-order chi connectivity index (χ0) is 8.00. The van der Waals surface area contributed by atoms with E-state index in [0.29, 0.717) is 0 Å². The molecule has 0 N–H and O–H groups in total. The van der Waals surface area contributed by atoms with Crippen LogP contribution in [0.15, 0.2) is 0 Å². The van der Waals surface area contributed by atoms with Crippen molar-refractivity contribution in [1.82, 2.24) is 0 Å². The average Bonchev–Trinajstić information content (AvgIpc) is 2.03. The molecule has 0 rings (SSSR count). The zero-order valence-electron chi connectivity index (χ0n) is 6.13. The molecule has 0 saturated heterocycles. The maximum atomic E-state index is 2.62. The number of hydrogen-bond acceptors (Lipinski definition) is 0. The first kappa shape index (κ1) is 29.7. The van der Waals surface area contributed by atoms with Crippen molar-refractivity contribution >= 4 is 88.0 Å². The average molecular weight is 495 g/mol. The molecule has 0 aliphatic rings. The fourth-order valence-electron chi connectivity index (χ4n) is 0. The number of hydrogen-bond donors (Lipinski definition) is 0. The van der Waals surface area contributed by atoms with E-state index in [-0.39, 0.29) is 23.9 Å². The maximum Gasteiger partial charge on any atom is 0 e. The molecule has 0 nitrogen and oxygen atoms in total. The van der Waals surface area contributed by atoms with Gasteiger partial charge in [0.15, 0.2) is 0 Å². The third-order valence-electron chi connectivity index (χ3n) is 0. The molecule has 0 bridgehead atoms. The minimum Gasteiger partial charge on any atom is 0 e. The summed E-state index contributed by atoms with van der Waals surface area (Å²) in [6, 6.07) is 0. The van der Waals surface area contributed by atoms with Crippen molar-refractivity contribution in [2.45, 2.75) is 23.3 Å². The Bertz CT molecular complexity index is 12.5. The van der Waals surface area contributed by atoms with Crippen LogP contribution >= 0.6 is 0 Å². The van der Waals surface area contributed by atoms with Crippen LogP contribution in [0.5, 0.6) is 0 Å². The van der Waals surface area contributed by atoms with Gasteiger partial charge in [0.25, 0.3) is 0 Å². The molecular formula is C4H12Se4Sn. The molecule has 5 heteroatoms. The van der Waals surface area contributed by atoms with Gasteiger partial charge in [-0.15, -0.1) is 0 Å². The second-order valence-corrected chi connectivity index (χ2v) is 0. The summed E-state index contributed by atoms with van der Waals surface area (Å²) in [7, 11) is 0. The number of rotatable bonds is 0. The minimum atomic E-state index is 0. The molecule has 9 heavy (non-hydrogen) atoms. The Morgan fingerprint density at radius 1 is 0.444 bits per heavy atom. The summed E-state index contributed by atoms with van der Waals surface area (Å²) in [5.74, 6) is 7.50. The first-order valence-electron chi connectivity index (χ1n) is 1.63. The predicted molar refractivity (Wildman–Crippen MR) is 52.2 cm³/mol. The molecule has 0 aliphatic carbocycles. The van der Waals surface area contributed by atoms with Gasteiger partial charge in [-0.3, -0.25) is 0 Å². The molecule has 0 aromatic heterocycles. The molecule has 0 amide bonds. The van der Waals surface area contributed by atoms with E-state index in [1.165, 1.54) is 0 Å². The van der Waals surface area contributed by atoms with Crippen molar-refractivity contribution in [3.8, 4) is 0 Å². The third kappa shape index (κ3) is 104. The summed E-state index contributed by atoms with van der Waals surface area (Å²) >= 11 is 10.5. The van der Waals surface area contributed by atoms with Crippen molar-refractivity contribution in [2.24, 2.45) is 0 Å². The zero-order valence-corrected chi connectivity index (χ0v) is 15.8. The molecule has 0 saturated carbocycles. The van der Waals surface area contributed by atoms with E-state index in [0.717, 1.165) is 0 Å². The standard InChI is InChI=1S/4CH3Se.Sn/c4*1-2;/h4*1H3;. The SMILES string of the molecule is C[Se].C[Se].C[Se].C[Se].[Sn]. The van der Waals surface area contributed by atoms with Crippen molar-refractivity contribution in [3.63, 3.8) is 0 Å². The van der Waals surface area contributed by atoms with Crippen LogP contribution in [0.1, 0.15) is 0 Å². The van der Waals surface area contributed by atoms with Gasteiger partial charge in [-0.25, -0.2) is 0 Å². The predicted octanol–water partition coefficient (Wildman–Crippen LogP) is 0.431. The van der Waals surface area contributed by atoms with Crippen LogP contribution in [-0.4, -0.2) is 88.0 Å². The summed E-state index contributed by atoms with van der Waals surface area (Å²) in [6.07, 6.45) is 0. The van der Waals surface area contributed by atoms with Crippen molar-refractivity contribution < 1.29 is 0 Å². The minimum absolute atomic E-state index is 0. The third-order valence-corrected chi connectivity index (χ3v) is 0. The van der Waals surface area contributed by atoms with E-state index in [9.17, 15) is 0 Å². The second kappa shape index (κ2) is 128. The summed E-state index contributed by atoms with van der Waals surface area (Å²) in [4.78, 5) is 0. The molecular weight excluding hydrogens is 483 g/mol. The summed E-state index contributed by atoms with van der Waals surface area (Å²) in [5, 5.41) is 0. The molecule has 56 valence electrons. The van der Waals surface area contributed by atoms with Crippen LogP contribution in [-0.2, 0) is 0 Å². The molecule has 0 aromatic carbocycles. The van der Waals surface area contributed by atoms with Crippen LogP contribution in [0.25, 0.3) is 0 Å². The molecule has 0 heterocycles. The van der Waals surface area contributed by atoms with Gasteiger partial charge in [-0.05, 0) is 0 Å². The maximum absolute atomic E-state index is 2.62. The van der Waals surface area contributed by atoms with Crippen LogP contribution in [0.4, 0.5) is 0 Å². The topological polar surface area (TPSA) is 0 Å². The van der Waals surface area contributed by atoms with Crippen molar-refractivity contribution in [3.05, 3.63) is 0 Å². The van der Waals surface area contributed by atoms with Crippen molar-refractivity contribution in [1.29, 1.82) is 0 Å².